The fourth-order valence-electron chi connectivity index (χ4n) is 2.71. The van der Waals surface area contributed by atoms with Gasteiger partial charge in [0.15, 0.2) is 0 Å². The van der Waals surface area contributed by atoms with Gasteiger partial charge in [-0.05, 0) is 20.8 Å². The molecule has 1 fully saturated rings. The zero-order valence-corrected chi connectivity index (χ0v) is 17.3. The van der Waals surface area contributed by atoms with Crippen LogP contribution in [0.3, 0.4) is 0 Å². The van der Waals surface area contributed by atoms with E-state index in [0.29, 0.717) is 16.1 Å². The Labute approximate surface area is 162 Å². The van der Waals surface area contributed by atoms with Crippen LogP contribution in [0.4, 0.5) is 4.79 Å². The minimum atomic E-state index is -3.74. The van der Waals surface area contributed by atoms with Crippen molar-refractivity contribution in [3.05, 3.63) is 11.7 Å². The van der Waals surface area contributed by atoms with Crippen LogP contribution in [-0.2, 0) is 14.8 Å². The summed E-state index contributed by atoms with van der Waals surface area (Å²) in [5.74, 6) is 0.348. The van der Waals surface area contributed by atoms with Crippen molar-refractivity contribution in [2.45, 2.75) is 31.3 Å². The molecule has 9 nitrogen and oxygen atoms in total. The van der Waals surface area contributed by atoms with Crippen LogP contribution in [0.25, 0.3) is 10.2 Å². The molecule has 0 saturated carbocycles. The normalized spacial score (nSPS) is 16.5. The number of thiophene rings is 1. The Morgan fingerprint density at radius 3 is 2.44 bits per heavy atom. The van der Waals surface area contributed by atoms with Gasteiger partial charge in [0.1, 0.15) is 27.0 Å². The van der Waals surface area contributed by atoms with E-state index in [1.807, 2.05) is 0 Å². The van der Waals surface area contributed by atoms with Crippen LogP contribution >= 0.6 is 11.3 Å². The molecule has 0 aliphatic carbocycles. The molecular weight excluding hydrogens is 392 g/mol. The molecule has 1 saturated heterocycles. The Hall–Kier alpha value is -1.98. The quantitative estimate of drug-likeness (QED) is 0.756. The summed E-state index contributed by atoms with van der Waals surface area (Å²) in [5.41, 5.74) is -0.240. The van der Waals surface area contributed by atoms with Crippen LogP contribution in [0.15, 0.2) is 16.6 Å². The summed E-state index contributed by atoms with van der Waals surface area (Å²) in [4.78, 5) is 21.9. The highest BCUT2D eigenvalue weighted by Gasteiger charge is 2.34. The number of ether oxygens (including phenoxy) is 2. The van der Waals surface area contributed by atoms with Gasteiger partial charge in [0.05, 0.1) is 7.11 Å². The lowest BCUT2D eigenvalue weighted by atomic mass is 10.2. The molecule has 1 aliphatic heterocycles. The molecule has 2 aromatic rings. The molecule has 2 aromatic heterocycles. The summed E-state index contributed by atoms with van der Waals surface area (Å²) >= 11 is 1.23. The summed E-state index contributed by atoms with van der Waals surface area (Å²) < 4.78 is 38.6. The Morgan fingerprint density at radius 1 is 1.19 bits per heavy atom. The zero-order valence-electron chi connectivity index (χ0n) is 15.6. The lowest BCUT2D eigenvalue weighted by Gasteiger charge is -2.34. The van der Waals surface area contributed by atoms with Gasteiger partial charge in [0.25, 0.3) is 0 Å². The number of aromatic nitrogens is 2. The van der Waals surface area contributed by atoms with Crippen LogP contribution in [-0.4, -0.2) is 72.6 Å². The summed E-state index contributed by atoms with van der Waals surface area (Å²) in [5, 5.41) is 1.55. The molecule has 0 spiro atoms. The van der Waals surface area contributed by atoms with Gasteiger partial charge in [0, 0.05) is 31.6 Å². The van der Waals surface area contributed by atoms with Gasteiger partial charge in [-0.15, -0.1) is 11.3 Å². The largest absolute Gasteiger partial charge is 0.480 e. The fourth-order valence-corrected chi connectivity index (χ4v) is 5.58. The first-order valence-corrected chi connectivity index (χ1v) is 10.7. The molecule has 1 aliphatic rings. The Balaban J connectivity index is 1.77. The molecule has 27 heavy (non-hydrogen) atoms. The molecule has 3 rings (SSSR count). The highest BCUT2D eigenvalue weighted by atomic mass is 32.2. The van der Waals surface area contributed by atoms with E-state index in [-0.39, 0.29) is 31.1 Å². The van der Waals surface area contributed by atoms with E-state index in [2.05, 4.69) is 9.97 Å². The molecule has 0 unspecified atom stereocenters. The van der Waals surface area contributed by atoms with Gasteiger partial charge >= 0.3 is 6.09 Å². The zero-order chi connectivity index (χ0) is 19.8. The van der Waals surface area contributed by atoms with Gasteiger partial charge in [-0.1, -0.05) is 0 Å². The molecule has 0 radical (unpaired) electrons. The number of hydrogen-bond donors (Lipinski definition) is 0. The number of carbonyl (C=O) groups excluding carboxylic acids is 1. The number of nitrogens with zero attached hydrogens (tertiary/aromatic N) is 4. The monoisotopic (exact) mass is 414 g/mol. The highest BCUT2D eigenvalue weighted by Crippen LogP contribution is 2.34. The van der Waals surface area contributed by atoms with Crippen molar-refractivity contribution in [2.24, 2.45) is 0 Å². The van der Waals surface area contributed by atoms with Crippen LogP contribution in [0.1, 0.15) is 20.8 Å². The lowest BCUT2D eigenvalue weighted by Crippen LogP contribution is -2.51. The average molecular weight is 415 g/mol. The number of sulfonamides is 1. The van der Waals surface area contributed by atoms with Crippen molar-refractivity contribution in [3.8, 4) is 5.88 Å². The number of carbonyl (C=O) groups is 1. The standard InChI is InChI=1S/C16H22N4O5S2/c1-16(2,3)25-15(21)19-5-7-20(8-6-19)27(22,23)11-9-26-13-12(11)17-10-18-14(13)24-4/h9-10H,5-8H2,1-4H3. The minimum Gasteiger partial charge on any atom is -0.480 e. The first-order valence-electron chi connectivity index (χ1n) is 8.38. The molecule has 148 valence electrons. The summed E-state index contributed by atoms with van der Waals surface area (Å²) in [7, 11) is -2.26. The van der Waals surface area contributed by atoms with E-state index in [1.54, 1.807) is 26.2 Å². The number of piperazine rings is 1. The number of hydrogen-bond acceptors (Lipinski definition) is 8. The van der Waals surface area contributed by atoms with Crippen LogP contribution in [0.5, 0.6) is 5.88 Å². The van der Waals surface area contributed by atoms with E-state index in [9.17, 15) is 13.2 Å². The van der Waals surface area contributed by atoms with Crippen molar-refractivity contribution in [3.63, 3.8) is 0 Å². The molecule has 3 heterocycles. The SMILES string of the molecule is COc1ncnc2c(S(=O)(=O)N3CCN(C(=O)OC(C)(C)C)CC3)csc12. The lowest BCUT2D eigenvalue weighted by molar-refractivity contribution is 0.0192. The molecule has 0 bridgehead atoms. The summed E-state index contributed by atoms with van der Waals surface area (Å²) in [6.07, 6.45) is 0.853. The predicted octanol–water partition coefficient (Wildman–Crippen LogP) is 1.94. The minimum absolute atomic E-state index is 0.133. The Morgan fingerprint density at radius 2 is 1.85 bits per heavy atom. The second kappa shape index (κ2) is 7.21. The third-order valence-corrected chi connectivity index (χ3v) is 7.01. The van der Waals surface area contributed by atoms with E-state index in [1.165, 1.54) is 34.0 Å². The van der Waals surface area contributed by atoms with Crippen molar-refractivity contribution in [1.29, 1.82) is 0 Å². The van der Waals surface area contributed by atoms with Gasteiger partial charge in [0.2, 0.25) is 15.9 Å². The second-order valence-corrected chi connectivity index (χ2v) is 9.82. The smallest absolute Gasteiger partial charge is 0.410 e. The number of rotatable bonds is 3. The number of fused-ring (bicyclic) bond motifs is 1. The van der Waals surface area contributed by atoms with Gasteiger partial charge in [-0.2, -0.15) is 4.31 Å². The number of methoxy groups -OCH3 is 1. The van der Waals surface area contributed by atoms with Crippen molar-refractivity contribution < 1.29 is 22.7 Å². The first-order chi connectivity index (χ1) is 12.6. The van der Waals surface area contributed by atoms with Crippen molar-refractivity contribution in [1.82, 2.24) is 19.2 Å². The van der Waals surface area contributed by atoms with Gasteiger partial charge in [-0.25, -0.2) is 23.2 Å². The summed E-state index contributed by atoms with van der Waals surface area (Å²) in [6.45, 7) is 6.32. The van der Waals surface area contributed by atoms with Crippen LogP contribution < -0.4 is 4.74 Å². The van der Waals surface area contributed by atoms with Crippen LogP contribution in [0, 0.1) is 0 Å². The molecule has 11 heteroatoms. The average Bonchev–Trinajstić information content (AvgIpc) is 3.05. The topological polar surface area (TPSA) is 102 Å². The molecular formula is C16H22N4O5S2. The molecule has 0 atom stereocenters. The van der Waals surface area contributed by atoms with E-state index in [0.717, 1.165) is 0 Å². The maximum absolute atomic E-state index is 13.1. The van der Waals surface area contributed by atoms with Gasteiger partial charge < -0.3 is 14.4 Å². The molecule has 0 N–H and O–H groups in total. The fraction of sp³-hybridized carbons (Fsp3) is 0.562. The maximum atomic E-state index is 13.1. The highest BCUT2D eigenvalue weighted by molar-refractivity contribution is 7.89. The predicted molar refractivity (Wildman–Crippen MR) is 101 cm³/mol. The molecule has 0 aromatic carbocycles. The molecule has 1 amide bonds. The Kier molecular flexibility index (Phi) is 5.28. The third kappa shape index (κ3) is 3.99. The van der Waals surface area contributed by atoms with E-state index in [4.69, 9.17) is 9.47 Å². The van der Waals surface area contributed by atoms with E-state index >= 15 is 0 Å². The Bertz CT molecular complexity index is 943. The van der Waals surface area contributed by atoms with Crippen molar-refractivity contribution in [2.75, 3.05) is 33.3 Å². The van der Waals surface area contributed by atoms with E-state index < -0.39 is 21.7 Å². The first kappa shape index (κ1) is 19.8. The van der Waals surface area contributed by atoms with Gasteiger partial charge in [-0.3, -0.25) is 0 Å². The second-order valence-electron chi connectivity index (χ2n) is 7.03. The summed E-state index contributed by atoms with van der Waals surface area (Å²) in [6, 6.07) is 0. The maximum Gasteiger partial charge on any atom is 0.410 e. The van der Waals surface area contributed by atoms with Crippen molar-refractivity contribution >= 4 is 37.7 Å². The number of amides is 1. The van der Waals surface area contributed by atoms with Crippen LogP contribution in [0.2, 0.25) is 0 Å². The third-order valence-electron chi connectivity index (χ3n) is 3.99.